The van der Waals surface area contributed by atoms with Gasteiger partial charge in [0.05, 0.1) is 18.1 Å². The predicted molar refractivity (Wildman–Crippen MR) is 150 cm³/mol. The fourth-order valence-electron chi connectivity index (χ4n) is 5.62. The first-order valence-electron chi connectivity index (χ1n) is 13.4. The molecule has 202 valence electrons. The van der Waals surface area contributed by atoms with Crippen molar-refractivity contribution in [3.05, 3.63) is 89.9 Å². The largest absolute Gasteiger partial charge is 0.353 e. The van der Waals surface area contributed by atoms with E-state index in [0.717, 1.165) is 53.9 Å². The molecule has 0 spiro atoms. The van der Waals surface area contributed by atoms with Crippen molar-refractivity contribution in [3.63, 3.8) is 0 Å². The van der Waals surface area contributed by atoms with E-state index in [4.69, 9.17) is 4.98 Å². The smallest absolute Gasteiger partial charge is 0.163 e. The molecule has 2 bridgehead atoms. The topological polar surface area (TPSA) is 104 Å². The quantitative estimate of drug-likeness (QED) is 0.315. The molecular weight excluding hydrogens is 507 g/mol. The molecule has 10 nitrogen and oxygen atoms in total. The number of benzene rings is 1. The number of H-pyrrole nitrogens is 1. The van der Waals surface area contributed by atoms with Crippen molar-refractivity contribution >= 4 is 17.5 Å². The van der Waals surface area contributed by atoms with Crippen LogP contribution in [0.2, 0.25) is 0 Å². The zero-order chi connectivity index (χ0) is 27.2. The molecule has 0 radical (unpaired) electrons. The minimum Gasteiger partial charge on any atom is -0.353 e. The van der Waals surface area contributed by atoms with Crippen LogP contribution in [-0.4, -0.2) is 65.0 Å². The Balaban J connectivity index is 0.991. The highest BCUT2D eigenvalue weighted by Crippen LogP contribution is 2.35. The number of piperidine rings is 1. The summed E-state index contributed by atoms with van der Waals surface area (Å²) in [5, 5.41) is 14.4. The predicted octanol–water partition coefficient (Wildman–Crippen LogP) is 4.41. The molecule has 0 amide bonds. The fourth-order valence-corrected chi connectivity index (χ4v) is 5.62. The van der Waals surface area contributed by atoms with Crippen LogP contribution in [0, 0.1) is 19.7 Å². The van der Waals surface area contributed by atoms with Gasteiger partial charge in [0.2, 0.25) is 0 Å². The molecule has 3 fully saturated rings. The standard InChI is InChI=1S/C29H29FN10/c1-18-9-26(34-27-10-19(2)36-37-27)35-29(33-18)21-5-8-28(31-12-21)38-16-24-11-25(17-38)39(24)14-20-3-6-23(7-4-20)40-15-22(30)13-32-40/h3-10,12-13,15,24-25H,11,14,16-17H2,1-2H3,(H2,33,34,35,36,37). The van der Waals surface area contributed by atoms with Crippen molar-refractivity contribution < 1.29 is 4.39 Å². The molecule has 0 aliphatic carbocycles. The third-order valence-corrected chi connectivity index (χ3v) is 7.61. The van der Waals surface area contributed by atoms with Crippen LogP contribution in [0.15, 0.2) is 67.1 Å². The number of rotatable bonds is 7. The van der Waals surface area contributed by atoms with Crippen LogP contribution in [0.5, 0.6) is 0 Å². The van der Waals surface area contributed by atoms with E-state index in [-0.39, 0.29) is 5.82 Å². The van der Waals surface area contributed by atoms with Gasteiger partial charge in [-0.3, -0.25) is 10.00 Å². The number of aromatic nitrogens is 7. The fraction of sp³-hybridized carbons (Fsp3) is 0.276. The number of aryl methyl sites for hydroxylation is 2. The van der Waals surface area contributed by atoms with Crippen LogP contribution in [0.1, 0.15) is 23.4 Å². The van der Waals surface area contributed by atoms with Crippen LogP contribution in [-0.2, 0) is 6.54 Å². The van der Waals surface area contributed by atoms with Crippen molar-refractivity contribution in [2.24, 2.45) is 0 Å². The summed E-state index contributed by atoms with van der Waals surface area (Å²) in [6.45, 7) is 6.71. The van der Waals surface area contributed by atoms with Crippen LogP contribution in [0.3, 0.4) is 0 Å². The summed E-state index contributed by atoms with van der Waals surface area (Å²) in [7, 11) is 0. The van der Waals surface area contributed by atoms with E-state index in [9.17, 15) is 4.39 Å². The molecule has 3 aliphatic rings. The zero-order valence-corrected chi connectivity index (χ0v) is 22.3. The van der Waals surface area contributed by atoms with E-state index < -0.39 is 0 Å². The first-order chi connectivity index (χ1) is 19.5. The number of pyridine rings is 1. The monoisotopic (exact) mass is 536 g/mol. The molecule has 3 aliphatic heterocycles. The molecule has 11 heteroatoms. The maximum Gasteiger partial charge on any atom is 0.163 e. The molecule has 7 heterocycles. The van der Waals surface area contributed by atoms with Gasteiger partial charge in [-0.2, -0.15) is 10.2 Å². The Morgan fingerprint density at radius 2 is 1.80 bits per heavy atom. The molecule has 40 heavy (non-hydrogen) atoms. The number of aromatic amines is 1. The van der Waals surface area contributed by atoms with E-state index in [1.54, 1.807) is 4.68 Å². The minimum atomic E-state index is -0.336. The first-order valence-corrected chi connectivity index (χ1v) is 13.4. The van der Waals surface area contributed by atoms with Gasteiger partial charge in [0.15, 0.2) is 17.5 Å². The molecule has 4 aromatic heterocycles. The van der Waals surface area contributed by atoms with Crippen LogP contribution >= 0.6 is 0 Å². The third-order valence-electron chi connectivity index (χ3n) is 7.61. The molecular formula is C29H29FN10. The molecule has 3 saturated heterocycles. The van der Waals surface area contributed by atoms with Gasteiger partial charge >= 0.3 is 0 Å². The number of nitrogens with one attached hydrogen (secondary N) is 2. The normalized spacial score (nSPS) is 18.5. The molecule has 8 rings (SSSR count). The lowest BCUT2D eigenvalue weighted by Gasteiger charge is -2.56. The molecule has 1 aromatic carbocycles. The SMILES string of the molecule is Cc1cc(Nc2cc(C)[nH]n2)nc(-c2ccc(N3CC4CC(C3)N4Cc3ccc(-n4cc(F)cn4)cc3)nc2)n1. The lowest BCUT2D eigenvalue weighted by molar-refractivity contribution is -0.00867. The van der Waals surface area contributed by atoms with Crippen molar-refractivity contribution in [1.82, 2.24) is 39.8 Å². The minimum absolute atomic E-state index is 0.336. The van der Waals surface area contributed by atoms with Gasteiger partial charge in [0.25, 0.3) is 0 Å². The van der Waals surface area contributed by atoms with E-state index in [1.807, 2.05) is 50.4 Å². The third kappa shape index (κ3) is 4.79. The second-order valence-corrected chi connectivity index (χ2v) is 10.6. The highest BCUT2D eigenvalue weighted by Gasteiger charge is 2.44. The van der Waals surface area contributed by atoms with Gasteiger partial charge in [-0.15, -0.1) is 0 Å². The second-order valence-electron chi connectivity index (χ2n) is 10.6. The average molecular weight is 537 g/mol. The first kappa shape index (κ1) is 24.4. The number of halogens is 1. The Labute approximate surface area is 230 Å². The summed E-state index contributed by atoms with van der Waals surface area (Å²) in [6, 6.07) is 17.1. The van der Waals surface area contributed by atoms with Crippen LogP contribution in [0.4, 0.5) is 21.8 Å². The van der Waals surface area contributed by atoms with E-state index in [1.165, 1.54) is 24.4 Å². The van der Waals surface area contributed by atoms with Crippen molar-refractivity contribution in [1.29, 1.82) is 0 Å². The summed E-state index contributed by atoms with van der Waals surface area (Å²) in [6.07, 6.45) is 5.67. The number of hydrogen-bond acceptors (Lipinski definition) is 8. The molecule has 5 aromatic rings. The number of anilines is 3. The Kier molecular flexibility index (Phi) is 6.00. The Morgan fingerprint density at radius 1 is 0.975 bits per heavy atom. The van der Waals surface area contributed by atoms with Crippen molar-refractivity contribution in [2.45, 2.75) is 38.9 Å². The van der Waals surface area contributed by atoms with Gasteiger partial charge in [0.1, 0.15) is 11.6 Å². The molecule has 2 N–H and O–H groups in total. The van der Waals surface area contributed by atoms with E-state index >= 15 is 0 Å². The van der Waals surface area contributed by atoms with Crippen molar-refractivity contribution in [2.75, 3.05) is 23.3 Å². The van der Waals surface area contributed by atoms with Crippen LogP contribution in [0.25, 0.3) is 17.1 Å². The summed E-state index contributed by atoms with van der Waals surface area (Å²) in [5.74, 6) is 2.68. The zero-order valence-electron chi connectivity index (χ0n) is 22.3. The summed E-state index contributed by atoms with van der Waals surface area (Å²) >= 11 is 0. The second kappa shape index (κ2) is 9.83. The highest BCUT2D eigenvalue weighted by molar-refractivity contribution is 5.61. The van der Waals surface area contributed by atoms with Gasteiger partial charge in [-0.25, -0.2) is 24.0 Å². The lowest BCUT2D eigenvalue weighted by atomic mass is 9.86. The lowest BCUT2D eigenvalue weighted by Crippen LogP contribution is -2.68. The van der Waals surface area contributed by atoms with Gasteiger partial charge < -0.3 is 10.2 Å². The summed E-state index contributed by atoms with van der Waals surface area (Å²) in [5.41, 5.74) is 4.82. The van der Waals surface area contributed by atoms with E-state index in [0.29, 0.717) is 23.7 Å². The van der Waals surface area contributed by atoms with Gasteiger partial charge in [-0.1, -0.05) is 12.1 Å². The number of fused-ring (bicyclic) bond motifs is 2. The number of nitrogens with zero attached hydrogens (tertiary/aromatic N) is 8. The summed E-state index contributed by atoms with van der Waals surface area (Å²) < 4.78 is 14.8. The summed E-state index contributed by atoms with van der Waals surface area (Å²) in [4.78, 5) is 19.0. The number of hydrogen-bond donors (Lipinski definition) is 2. The Bertz CT molecular complexity index is 1630. The van der Waals surface area contributed by atoms with E-state index in [2.05, 4.69) is 58.6 Å². The van der Waals surface area contributed by atoms with Crippen LogP contribution < -0.4 is 10.2 Å². The highest BCUT2D eigenvalue weighted by atomic mass is 19.1. The van der Waals surface area contributed by atoms with Crippen molar-refractivity contribution in [3.8, 4) is 17.1 Å². The maximum absolute atomic E-state index is 13.3. The molecule has 2 atom stereocenters. The maximum atomic E-state index is 13.3. The van der Waals surface area contributed by atoms with Gasteiger partial charge in [0, 0.05) is 67.0 Å². The molecule has 2 unspecified atom stereocenters. The Hall–Kier alpha value is -4.64. The number of piperazine rings is 1. The molecule has 0 saturated carbocycles. The van der Waals surface area contributed by atoms with Gasteiger partial charge in [-0.05, 0) is 50.1 Å². The average Bonchev–Trinajstić information content (AvgIpc) is 3.59. The Morgan fingerprint density at radius 3 is 2.48 bits per heavy atom.